The van der Waals surface area contributed by atoms with Crippen LogP contribution in [-0.2, 0) is 15.6 Å². The Morgan fingerprint density at radius 3 is 2.50 bits per heavy atom. The van der Waals surface area contributed by atoms with Crippen LogP contribution in [0.1, 0.15) is 17.3 Å². The second-order valence-electron chi connectivity index (χ2n) is 3.69. The topological polar surface area (TPSA) is 74.7 Å². The molecule has 1 amide bonds. The summed E-state index contributed by atoms with van der Waals surface area (Å²) in [4.78, 5) is 24.2. The predicted octanol–water partition coefficient (Wildman–Crippen LogP) is 0.971. The van der Waals surface area contributed by atoms with Crippen LogP contribution in [0.25, 0.3) is 0 Å². The third-order valence-corrected chi connectivity index (χ3v) is 3.72. The van der Waals surface area contributed by atoms with Gasteiger partial charge < -0.3 is 10.0 Å². The van der Waals surface area contributed by atoms with E-state index >= 15 is 0 Å². The predicted molar refractivity (Wildman–Crippen MR) is 68.0 cm³/mol. The maximum atomic E-state index is 12.0. The lowest BCUT2D eigenvalue weighted by atomic mass is 10.2. The van der Waals surface area contributed by atoms with Crippen molar-refractivity contribution in [3.63, 3.8) is 0 Å². The molecule has 0 saturated carbocycles. The molecule has 0 bridgehead atoms. The lowest BCUT2D eigenvalue weighted by Crippen LogP contribution is -2.32. The summed E-state index contributed by atoms with van der Waals surface area (Å²) >= 11 is 0. The second kappa shape index (κ2) is 6.30. The maximum Gasteiger partial charge on any atom is 0.323 e. The lowest BCUT2D eigenvalue weighted by molar-refractivity contribution is -0.137. The number of nitrogens with zero attached hydrogens (tertiary/aromatic N) is 1. The Morgan fingerprint density at radius 2 is 1.94 bits per heavy atom. The summed E-state index contributed by atoms with van der Waals surface area (Å²) in [6.45, 7) is 1.38. The Hall–Kier alpha value is -1.69. The van der Waals surface area contributed by atoms with Crippen LogP contribution in [0.5, 0.6) is 0 Å². The van der Waals surface area contributed by atoms with E-state index in [4.69, 9.17) is 5.11 Å². The number of carboxylic acids is 1. The van der Waals surface area contributed by atoms with Crippen LogP contribution in [0, 0.1) is 0 Å². The summed E-state index contributed by atoms with van der Waals surface area (Å²) in [5.74, 6) is -1.11. The van der Waals surface area contributed by atoms with Gasteiger partial charge in [-0.25, -0.2) is 0 Å². The molecule has 0 aliphatic rings. The number of aliphatic carboxylic acids is 1. The summed E-state index contributed by atoms with van der Waals surface area (Å²) in [7, 11) is 0.158. The SMILES string of the molecule is CCS(=O)c1ccccc1C(=O)N(C)CC(=O)O. The van der Waals surface area contributed by atoms with Crippen LogP contribution in [-0.4, -0.2) is 45.4 Å². The fourth-order valence-electron chi connectivity index (χ4n) is 1.48. The first-order chi connectivity index (χ1) is 8.47. The van der Waals surface area contributed by atoms with Crippen molar-refractivity contribution in [1.29, 1.82) is 0 Å². The first-order valence-electron chi connectivity index (χ1n) is 5.42. The number of hydrogen-bond donors (Lipinski definition) is 1. The molecule has 98 valence electrons. The monoisotopic (exact) mass is 269 g/mol. The molecule has 0 aliphatic carbocycles. The van der Waals surface area contributed by atoms with E-state index in [1.165, 1.54) is 7.05 Å². The van der Waals surface area contributed by atoms with Crippen LogP contribution >= 0.6 is 0 Å². The maximum absolute atomic E-state index is 12.0. The van der Waals surface area contributed by atoms with Crippen molar-refractivity contribution >= 4 is 22.7 Å². The molecule has 18 heavy (non-hydrogen) atoms. The van der Waals surface area contributed by atoms with Gasteiger partial charge in [0.1, 0.15) is 6.54 Å². The molecular formula is C12H15NO4S. The van der Waals surface area contributed by atoms with Crippen LogP contribution < -0.4 is 0 Å². The summed E-state index contributed by atoms with van der Waals surface area (Å²) in [5, 5.41) is 8.65. The second-order valence-corrected chi connectivity index (χ2v) is 5.39. The van der Waals surface area contributed by atoms with Crippen LogP contribution in [0.2, 0.25) is 0 Å². The van der Waals surface area contributed by atoms with Gasteiger partial charge in [-0.05, 0) is 12.1 Å². The van der Waals surface area contributed by atoms with Gasteiger partial charge in [0.25, 0.3) is 5.91 Å². The van der Waals surface area contributed by atoms with Crippen molar-refractivity contribution in [3.05, 3.63) is 29.8 Å². The zero-order valence-corrected chi connectivity index (χ0v) is 11.1. The molecule has 5 nitrogen and oxygen atoms in total. The van der Waals surface area contributed by atoms with Crippen molar-refractivity contribution in [2.45, 2.75) is 11.8 Å². The van der Waals surface area contributed by atoms with Crippen LogP contribution in [0.15, 0.2) is 29.2 Å². The summed E-state index contributed by atoms with van der Waals surface area (Å²) in [5.41, 5.74) is 0.293. The minimum Gasteiger partial charge on any atom is -0.480 e. The lowest BCUT2D eigenvalue weighted by Gasteiger charge is -2.16. The zero-order valence-electron chi connectivity index (χ0n) is 10.3. The molecule has 1 rings (SSSR count). The fraction of sp³-hybridized carbons (Fsp3) is 0.333. The van der Waals surface area contributed by atoms with Gasteiger partial charge in [-0.2, -0.15) is 0 Å². The molecule has 0 fully saturated rings. The summed E-state index contributed by atoms with van der Waals surface area (Å²) in [6.07, 6.45) is 0. The fourth-order valence-corrected chi connectivity index (χ4v) is 2.42. The van der Waals surface area contributed by atoms with E-state index in [0.717, 1.165) is 4.90 Å². The molecule has 0 aromatic heterocycles. The molecule has 1 atom stereocenters. The number of benzene rings is 1. The Bertz CT molecular complexity index is 487. The van der Waals surface area contributed by atoms with Gasteiger partial charge in [-0.3, -0.25) is 13.8 Å². The first-order valence-corrected chi connectivity index (χ1v) is 6.74. The van der Waals surface area contributed by atoms with Gasteiger partial charge in [-0.15, -0.1) is 0 Å². The average molecular weight is 269 g/mol. The van der Waals surface area contributed by atoms with Crippen LogP contribution in [0.4, 0.5) is 0 Å². The van der Waals surface area contributed by atoms with Crippen LogP contribution in [0.3, 0.4) is 0 Å². The van der Waals surface area contributed by atoms with Gasteiger partial charge in [0.2, 0.25) is 0 Å². The van der Waals surface area contributed by atoms with E-state index in [1.54, 1.807) is 31.2 Å². The van der Waals surface area contributed by atoms with Gasteiger partial charge in [-0.1, -0.05) is 19.1 Å². The molecule has 0 radical (unpaired) electrons. The number of rotatable bonds is 5. The van der Waals surface area contributed by atoms with E-state index in [1.807, 2.05) is 0 Å². The van der Waals surface area contributed by atoms with Crippen molar-refractivity contribution in [1.82, 2.24) is 4.90 Å². The quantitative estimate of drug-likeness (QED) is 0.864. The normalized spacial score (nSPS) is 11.9. The van der Waals surface area contributed by atoms with Crippen molar-refractivity contribution in [3.8, 4) is 0 Å². The third-order valence-electron chi connectivity index (χ3n) is 2.34. The Kier molecular flexibility index (Phi) is 5.03. The van der Waals surface area contributed by atoms with Gasteiger partial charge in [0.05, 0.1) is 21.3 Å². The first kappa shape index (κ1) is 14.4. The summed E-state index contributed by atoms with van der Waals surface area (Å²) < 4.78 is 11.8. The molecule has 0 aliphatic heterocycles. The van der Waals surface area contributed by atoms with E-state index in [0.29, 0.717) is 16.2 Å². The average Bonchev–Trinajstić information content (AvgIpc) is 2.36. The Balaban J connectivity index is 3.05. The number of hydrogen-bond acceptors (Lipinski definition) is 3. The standard InChI is InChI=1S/C12H15NO4S/c1-3-18(17)10-7-5-4-6-9(10)12(16)13(2)8-11(14)15/h4-7H,3,8H2,1-2H3,(H,14,15). The van der Waals surface area contributed by atoms with E-state index in [-0.39, 0.29) is 6.54 Å². The van der Waals surface area contributed by atoms with E-state index in [2.05, 4.69) is 0 Å². The van der Waals surface area contributed by atoms with Gasteiger partial charge in [0, 0.05) is 12.8 Å². The number of carboxylic acid groups (broad SMARTS) is 1. The summed E-state index contributed by atoms with van der Waals surface area (Å²) in [6, 6.07) is 6.56. The van der Waals surface area contributed by atoms with Crippen molar-refractivity contribution in [2.75, 3.05) is 19.3 Å². The number of carbonyl (C=O) groups excluding carboxylic acids is 1. The minimum absolute atomic E-state index is 0.293. The van der Waals surface area contributed by atoms with E-state index < -0.39 is 22.7 Å². The minimum atomic E-state index is -1.25. The highest BCUT2D eigenvalue weighted by atomic mass is 32.2. The van der Waals surface area contributed by atoms with Gasteiger partial charge >= 0.3 is 5.97 Å². The third kappa shape index (κ3) is 3.40. The zero-order chi connectivity index (χ0) is 13.7. The number of carbonyl (C=O) groups is 2. The molecule has 1 unspecified atom stereocenters. The highest BCUT2D eigenvalue weighted by molar-refractivity contribution is 7.85. The smallest absolute Gasteiger partial charge is 0.323 e. The largest absolute Gasteiger partial charge is 0.480 e. The Labute approximate surface area is 108 Å². The molecule has 1 aromatic rings. The molecule has 0 spiro atoms. The van der Waals surface area contributed by atoms with Gasteiger partial charge in [0.15, 0.2) is 0 Å². The number of amides is 1. The molecule has 0 saturated heterocycles. The van der Waals surface area contributed by atoms with E-state index in [9.17, 15) is 13.8 Å². The molecular weight excluding hydrogens is 254 g/mol. The van der Waals surface area contributed by atoms with Crippen molar-refractivity contribution < 1.29 is 18.9 Å². The highest BCUT2D eigenvalue weighted by Gasteiger charge is 2.19. The van der Waals surface area contributed by atoms with Crippen molar-refractivity contribution in [2.24, 2.45) is 0 Å². The highest BCUT2D eigenvalue weighted by Crippen LogP contribution is 2.15. The Morgan fingerprint density at radius 1 is 1.33 bits per heavy atom. The molecule has 6 heteroatoms. The molecule has 0 heterocycles. The number of likely N-dealkylation sites (N-methyl/N-ethyl adjacent to an activating group) is 1. The molecule has 1 N–H and O–H groups in total. The molecule has 1 aromatic carbocycles.